The first-order valence-electron chi connectivity index (χ1n) is 11.4. The summed E-state index contributed by atoms with van der Waals surface area (Å²) in [6, 6.07) is 4.72. The number of carbonyl (C=O) groups is 1. The van der Waals surface area contributed by atoms with Gasteiger partial charge in [0.15, 0.2) is 11.5 Å². The summed E-state index contributed by atoms with van der Waals surface area (Å²) >= 11 is 0. The number of benzene rings is 1. The van der Waals surface area contributed by atoms with Gasteiger partial charge in [0.1, 0.15) is 0 Å². The Hall–Kier alpha value is -2.49. The van der Waals surface area contributed by atoms with Crippen LogP contribution in [0.4, 0.5) is 0 Å². The molecular weight excluding hydrogens is 374 g/mol. The molecule has 1 amide bonds. The topological polar surface area (TPSA) is 69.6 Å². The number of rotatable bonds is 16. The highest BCUT2D eigenvalue weighted by Gasteiger charge is 2.03. The molecule has 4 nitrogen and oxygen atoms in total. The van der Waals surface area contributed by atoms with E-state index in [-0.39, 0.29) is 17.4 Å². The summed E-state index contributed by atoms with van der Waals surface area (Å²) in [4.78, 5) is 11.8. The van der Waals surface area contributed by atoms with Crippen molar-refractivity contribution < 1.29 is 15.0 Å². The second kappa shape index (κ2) is 17.4. The molecule has 0 atom stereocenters. The lowest BCUT2D eigenvalue weighted by molar-refractivity contribution is -0.121. The second-order valence-corrected chi connectivity index (χ2v) is 7.54. The molecule has 0 saturated heterocycles. The first kappa shape index (κ1) is 25.5. The Balaban J connectivity index is 1.97. The molecule has 0 aliphatic carbocycles. The molecule has 0 radical (unpaired) electrons. The molecule has 0 aliphatic rings. The molecule has 1 aromatic rings. The van der Waals surface area contributed by atoms with Crippen LogP contribution in [0.1, 0.15) is 76.7 Å². The van der Waals surface area contributed by atoms with Crippen molar-refractivity contribution in [3.63, 3.8) is 0 Å². The van der Waals surface area contributed by atoms with Crippen LogP contribution in [0, 0.1) is 0 Å². The van der Waals surface area contributed by atoms with E-state index >= 15 is 0 Å². The van der Waals surface area contributed by atoms with Gasteiger partial charge in [-0.1, -0.05) is 62.3 Å². The van der Waals surface area contributed by atoms with Gasteiger partial charge in [-0.05, 0) is 69.1 Å². The fraction of sp³-hybridized carbons (Fsp3) is 0.500. The standard InChI is InChI=1S/C26H39NO3/c1-2-3-4-5-6-7-8-9-10-11-12-13-14-15-16-17-26(30)27-21-20-23-18-19-24(28)25(29)22-23/h6-7,9-10,13-14,18-19,22,28-29H,2-5,8,11-12,15-17,20-21H2,1H3,(H,27,30). The van der Waals surface area contributed by atoms with Gasteiger partial charge >= 0.3 is 0 Å². The number of allylic oxidation sites excluding steroid dienone is 6. The summed E-state index contributed by atoms with van der Waals surface area (Å²) in [6.45, 7) is 2.76. The summed E-state index contributed by atoms with van der Waals surface area (Å²) in [5.41, 5.74) is 0.880. The molecule has 0 unspecified atom stereocenters. The summed E-state index contributed by atoms with van der Waals surface area (Å²) in [5.74, 6) is -0.204. The maximum Gasteiger partial charge on any atom is 0.220 e. The van der Waals surface area contributed by atoms with E-state index in [4.69, 9.17) is 0 Å². The van der Waals surface area contributed by atoms with E-state index < -0.39 is 0 Å². The third-order valence-corrected chi connectivity index (χ3v) is 4.80. The van der Waals surface area contributed by atoms with Crippen LogP contribution >= 0.6 is 0 Å². The molecule has 0 fully saturated rings. The predicted octanol–water partition coefficient (Wildman–Crippen LogP) is 6.35. The third kappa shape index (κ3) is 13.6. The quantitative estimate of drug-likeness (QED) is 0.168. The van der Waals surface area contributed by atoms with Gasteiger partial charge in [-0.3, -0.25) is 4.79 Å². The van der Waals surface area contributed by atoms with Gasteiger partial charge < -0.3 is 15.5 Å². The van der Waals surface area contributed by atoms with E-state index in [0.29, 0.717) is 19.4 Å². The number of aromatic hydroxyl groups is 2. The molecule has 0 spiro atoms. The number of unbranched alkanes of at least 4 members (excludes halogenated alkanes) is 5. The van der Waals surface area contributed by atoms with Crippen molar-refractivity contribution in [2.75, 3.05) is 6.54 Å². The average molecular weight is 414 g/mol. The molecule has 4 heteroatoms. The van der Waals surface area contributed by atoms with Crippen molar-refractivity contribution in [3.05, 3.63) is 60.2 Å². The highest BCUT2D eigenvalue weighted by atomic mass is 16.3. The molecule has 0 saturated carbocycles. The fourth-order valence-electron chi connectivity index (χ4n) is 2.99. The van der Waals surface area contributed by atoms with Gasteiger partial charge in [0.05, 0.1) is 0 Å². The van der Waals surface area contributed by atoms with Crippen LogP contribution in [0.3, 0.4) is 0 Å². The van der Waals surface area contributed by atoms with Crippen LogP contribution in [0.15, 0.2) is 54.7 Å². The molecule has 166 valence electrons. The van der Waals surface area contributed by atoms with E-state index in [1.807, 2.05) is 0 Å². The van der Waals surface area contributed by atoms with Gasteiger partial charge in [0.25, 0.3) is 0 Å². The summed E-state index contributed by atoms with van der Waals surface area (Å²) < 4.78 is 0. The minimum absolute atomic E-state index is 0.0529. The van der Waals surface area contributed by atoms with Gasteiger partial charge in [-0.2, -0.15) is 0 Å². The Morgan fingerprint density at radius 1 is 0.867 bits per heavy atom. The number of carbonyl (C=O) groups excluding carboxylic acids is 1. The van der Waals surface area contributed by atoms with Crippen LogP contribution in [-0.4, -0.2) is 22.7 Å². The average Bonchev–Trinajstić information content (AvgIpc) is 2.73. The molecular formula is C26H39NO3. The number of phenolic OH excluding ortho intramolecular Hbond substituents is 2. The molecule has 0 bridgehead atoms. The van der Waals surface area contributed by atoms with E-state index in [0.717, 1.165) is 37.7 Å². The molecule has 1 rings (SSSR count). The minimum Gasteiger partial charge on any atom is -0.504 e. The number of phenols is 2. The zero-order valence-electron chi connectivity index (χ0n) is 18.5. The molecule has 3 N–H and O–H groups in total. The molecule has 0 aromatic heterocycles. The highest BCUT2D eigenvalue weighted by Crippen LogP contribution is 2.24. The van der Waals surface area contributed by atoms with Crippen molar-refractivity contribution >= 4 is 5.91 Å². The van der Waals surface area contributed by atoms with E-state index in [1.165, 1.54) is 37.8 Å². The maximum absolute atomic E-state index is 11.8. The van der Waals surface area contributed by atoms with Gasteiger partial charge in [0.2, 0.25) is 5.91 Å². The normalized spacial score (nSPS) is 11.8. The number of nitrogens with one attached hydrogen (secondary N) is 1. The molecule has 30 heavy (non-hydrogen) atoms. The molecule has 0 heterocycles. The largest absolute Gasteiger partial charge is 0.504 e. The lowest BCUT2D eigenvalue weighted by Crippen LogP contribution is -2.25. The van der Waals surface area contributed by atoms with Crippen molar-refractivity contribution in [2.24, 2.45) is 0 Å². The van der Waals surface area contributed by atoms with Crippen LogP contribution in [0.2, 0.25) is 0 Å². The number of hydrogen-bond acceptors (Lipinski definition) is 3. The van der Waals surface area contributed by atoms with Crippen molar-refractivity contribution in [1.29, 1.82) is 0 Å². The van der Waals surface area contributed by atoms with E-state index in [9.17, 15) is 15.0 Å². The van der Waals surface area contributed by atoms with Gasteiger partial charge in [-0.25, -0.2) is 0 Å². The van der Waals surface area contributed by atoms with Crippen LogP contribution in [-0.2, 0) is 11.2 Å². The number of amides is 1. The smallest absolute Gasteiger partial charge is 0.220 e. The zero-order chi connectivity index (χ0) is 21.9. The van der Waals surface area contributed by atoms with Crippen LogP contribution in [0.25, 0.3) is 0 Å². The van der Waals surface area contributed by atoms with Crippen molar-refractivity contribution in [2.45, 2.75) is 77.6 Å². The summed E-state index contributed by atoms with van der Waals surface area (Å²) in [7, 11) is 0. The summed E-state index contributed by atoms with van der Waals surface area (Å²) in [6.07, 6.45) is 24.5. The Morgan fingerprint density at radius 2 is 1.53 bits per heavy atom. The first-order valence-corrected chi connectivity index (χ1v) is 11.4. The van der Waals surface area contributed by atoms with Crippen molar-refractivity contribution in [1.82, 2.24) is 5.32 Å². The van der Waals surface area contributed by atoms with Crippen molar-refractivity contribution in [3.8, 4) is 11.5 Å². The Morgan fingerprint density at radius 3 is 2.27 bits per heavy atom. The zero-order valence-corrected chi connectivity index (χ0v) is 18.5. The maximum atomic E-state index is 11.8. The SMILES string of the molecule is CCCCCC=CCC=CCCC=CCCCC(=O)NCCc1ccc(O)c(O)c1. The molecule has 1 aromatic carbocycles. The van der Waals surface area contributed by atoms with E-state index in [1.54, 1.807) is 6.07 Å². The van der Waals surface area contributed by atoms with Crippen LogP contribution in [0.5, 0.6) is 11.5 Å². The predicted molar refractivity (Wildman–Crippen MR) is 126 cm³/mol. The first-order chi connectivity index (χ1) is 14.6. The monoisotopic (exact) mass is 413 g/mol. The molecule has 0 aliphatic heterocycles. The highest BCUT2D eigenvalue weighted by molar-refractivity contribution is 5.75. The van der Waals surface area contributed by atoms with Gasteiger partial charge in [-0.15, -0.1) is 0 Å². The van der Waals surface area contributed by atoms with Gasteiger partial charge in [0, 0.05) is 13.0 Å². The fourth-order valence-corrected chi connectivity index (χ4v) is 2.99. The lowest BCUT2D eigenvalue weighted by Gasteiger charge is -2.06. The Labute approximate surface area is 182 Å². The Kier molecular flexibility index (Phi) is 14.8. The minimum atomic E-state index is -0.129. The van der Waals surface area contributed by atoms with Crippen LogP contribution < -0.4 is 5.32 Å². The second-order valence-electron chi connectivity index (χ2n) is 7.54. The lowest BCUT2D eigenvalue weighted by atomic mass is 10.1. The Bertz CT molecular complexity index is 677. The number of hydrogen-bond donors (Lipinski definition) is 3. The summed E-state index contributed by atoms with van der Waals surface area (Å²) in [5, 5.41) is 21.6. The third-order valence-electron chi connectivity index (χ3n) is 4.80. The van der Waals surface area contributed by atoms with E-state index in [2.05, 4.69) is 48.7 Å².